The quantitative estimate of drug-likeness (QED) is 0.704. The van der Waals surface area contributed by atoms with Gasteiger partial charge in [0, 0.05) is 18.6 Å². The van der Waals surface area contributed by atoms with Crippen molar-refractivity contribution in [2.45, 2.75) is 0 Å². The lowest BCUT2D eigenvalue weighted by molar-refractivity contribution is 0.0512. The summed E-state index contributed by atoms with van der Waals surface area (Å²) < 4.78 is 15.4. The second-order valence-electron chi connectivity index (χ2n) is 4.82. The van der Waals surface area contributed by atoms with Crippen molar-refractivity contribution in [1.82, 2.24) is 9.97 Å². The molecule has 0 radical (unpaired) electrons. The highest BCUT2D eigenvalue weighted by Gasteiger charge is 2.02. The summed E-state index contributed by atoms with van der Waals surface area (Å²) in [6.07, 6.45) is 1.70. The second-order valence-corrected chi connectivity index (χ2v) is 4.82. The fraction of sp³-hybridized carbons (Fsp3) is 0.176. The van der Waals surface area contributed by atoms with E-state index in [1.165, 1.54) is 0 Å². The van der Waals surface area contributed by atoms with Crippen molar-refractivity contribution in [3.8, 4) is 11.6 Å². The summed E-state index contributed by atoms with van der Waals surface area (Å²) in [6.45, 7) is 0.225. The van der Waals surface area contributed by atoms with Gasteiger partial charge >= 0.3 is 0 Å². The average Bonchev–Trinajstić information content (AvgIpc) is 2.60. The van der Waals surface area contributed by atoms with Gasteiger partial charge in [0.2, 0.25) is 5.88 Å². The van der Waals surface area contributed by atoms with Gasteiger partial charge in [-0.1, -0.05) is 0 Å². The van der Waals surface area contributed by atoms with Crippen LogP contribution in [0, 0.1) is 0 Å². The number of nitrogens with one attached hydrogen (secondary N) is 1. The monoisotopic (exact) mass is 311 g/mol. The number of anilines is 2. The summed E-state index contributed by atoms with van der Waals surface area (Å²) in [5.74, 6) is 2.07. The van der Waals surface area contributed by atoms with Crippen LogP contribution in [0.3, 0.4) is 0 Å². The van der Waals surface area contributed by atoms with E-state index < -0.39 is 0 Å². The molecule has 0 aliphatic carbocycles. The van der Waals surface area contributed by atoms with E-state index in [4.69, 9.17) is 14.2 Å². The van der Waals surface area contributed by atoms with Crippen molar-refractivity contribution in [2.75, 3.05) is 26.3 Å². The average molecular weight is 311 g/mol. The van der Waals surface area contributed by atoms with Crippen LogP contribution in [0.25, 0.3) is 10.9 Å². The van der Waals surface area contributed by atoms with Crippen LogP contribution in [0.1, 0.15) is 0 Å². The Morgan fingerprint density at radius 3 is 2.70 bits per heavy atom. The second kappa shape index (κ2) is 6.93. The van der Waals surface area contributed by atoms with Crippen LogP contribution in [-0.4, -0.2) is 31.0 Å². The van der Waals surface area contributed by atoms with Gasteiger partial charge in [-0.15, -0.1) is 0 Å². The van der Waals surface area contributed by atoms with Crippen molar-refractivity contribution >= 4 is 22.4 Å². The van der Waals surface area contributed by atoms with E-state index in [9.17, 15) is 0 Å². The molecule has 0 amide bonds. The van der Waals surface area contributed by atoms with Crippen molar-refractivity contribution in [2.24, 2.45) is 0 Å². The third kappa shape index (κ3) is 3.67. The van der Waals surface area contributed by atoms with Gasteiger partial charge < -0.3 is 19.5 Å². The first kappa shape index (κ1) is 15.1. The largest absolute Gasteiger partial charge is 0.481 e. The molecule has 1 N–H and O–H groups in total. The van der Waals surface area contributed by atoms with Gasteiger partial charge in [0.05, 0.1) is 24.5 Å². The van der Waals surface area contributed by atoms with Crippen molar-refractivity contribution in [1.29, 1.82) is 0 Å². The number of pyridine rings is 2. The zero-order valence-corrected chi connectivity index (χ0v) is 12.9. The summed E-state index contributed by atoms with van der Waals surface area (Å²) >= 11 is 0. The first-order chi connectivity index (χ1) is 11.3. The normalized spacial score (nSPS) is 10.5. The molecule has 0 saturated heterocycles. The van der Waals surface area contributed by atoms with Crippen molar-refractivity contribution in [3.05, 3.63) is 48.7 Å². The molecule has 6 heteroatoms. The molecule has 6 nitrogen and oxygen atoms in total. The zero-order chi connectivity index (χ0) is 16.1. The summed E-state index contributed by atoms with van der Waals surface area (Å²) in [6, 6.07) is 13.3. The maximum Gasteiger partial charge on any atom is 0.213 e. The fourth-order valence-electron chi connectivity index (χ4n) is 2.11. The summed E-state index contributed by atoms with van der Waals surface area (Å²) in [5, 5.41) is 4.21. The van der Waals surface area contributed by atoms with E-state index in [0.29, 0.717) is 5.88 Å². The number of methoxy groups -OCH3 is 2. The SMILES string of the molecule is COCOc1ccc2nc(Nc3ccc(OC)nc3)ccc2c1. The molecule has 0 aliphatic heterocycles. The predicted octanol–water partition coefficient (Wildman–Crippen LogP) is 3.36. The molecule has 3 rings (SSSR count). The number of aromatic nitrogens is 2. The lowest BCUT2D eigenvalue weighted by atomic mass is 10.2. The molecule has 0 spiro atoms. The fourth-order valence-corrected chi connectivity index (χ4v) is 2.11. The van der Waals surface area contributed by atoms with Gasteiger partial charge in [-0.2, -0.15) is 0 Å². The molecule has 0 saturated carbocycles. The molecule has 0 fully saturated rings. The molecular formula is C17H17N3O3. The van der Waals surface area contributed by atoms with E-state index >= 15 is 0 Å². The molecular weight excluding hydrogens is 294 g/mol. The van der Waals surface area contributed by atoms with Crippen LogP contribution in [-0.2, 0) is 4.74 Å². The van der Waals surface area contributed by atoms with Crippen LogP contribution in [0.2, 0.25) is 0 Å². The minimum absolute atomic E-state index is 0.225. The van der Waals surface area contributed by atoms with E-state index in [1.54, 1.807) is 26.5 Å². The third-order valence-electron chi connectivity index (χ3n) is 3.22. The smallest absolute Gasteiger partial charge is 0.213 e. The number of nitrogens with zero attached hydrogens (tertiary/aromatic N) is 2. The molecule has 2 aromatic heterocycles. The highest BCUT2D eigenvalue weighted by molar-refractivity contribution is 5.82. The number of hydrogen-bond donors (Lipinski definition) is 1. The first-order valence-corrected chi connectivity index (χ1v) is 7.08. The highest BCUT2D eigenvalue weighted by atomic mass is 16.7. The lowest BCUT2D eigenvalue weighted by Crippen LogP contribution is -1.99. The molecule has 23 heavy (non-hydrogen) atoms. The Hall–Kier alpha value is -2.86. The Morgan fingerprint density at radius 2 is 1.96 bits per heavy atom. The molecule has 0 atom stereocenters. The molecule has 2 heterocycles. The minimum atomic E-state index is 0.225. The Bertz CT molecular complexity index is 791. The minimum Gasteiger partial charge on any atom is -0.481 e. The summed E-state index contributed by atoms with van der Waals surface area (Å²) in [4.78, 5) is 8.73. The van der Waals surface area contributed by atoms with Crippen LogP contribution < -0.4 is 14.8 Å². The number of benzene rings is 1. The van der Waals surface area contributed by atoms with Gasteiger partial charge in [-0.3, -0.25) is 0 Å². The van der Waals surface area contributed by atoms with Gasteiger partial charge in [0.25, 0.3) is 0 Å². The number of fused-ring (bicyclic) bond motifs is 1. The van der Waals surface area contributed by atoms with E-state index in [1.807, 2.05) is 36.4 Å². The van der Waals surface area contributed by atoms with Crippen LogP contribution >= 0.6 is 0 Å². The van der Waals surface area contributed by atoms with Crippen LogP contribution in [0.15, 0.2) is 48.7 Å². The number of hydrogen-bond acceptors (Lipinski definition) is 6. The zero-order valence-electron chi connectivity index (χ0n) is 12.9. The van der Waals surface area contributed by atoms with Crippen molar-refractivity contribution < 1.29 is 14.2 Å². The predicted molar refractivity (Wildman–Crippen MR) is 88.3 cm³/mol. The van der Waals surface area contributed by atoms with Gasteiger partial charge in [0.15, 0.2) is 6.79 Å². The summed E-state index contributed by atoms with van der Waals surface area (Å²) in [7, 11) is 3.18. The van der Waals surface area contributed by atoms with Gasteiger partial charge in [-0.25, -0.2) is 9.97 Å². The summed E-state index contributed by atoms with van der Waals surface area (Å²) in [5.41, 5.74) is 1.72. The molecule has 0 unspecified atom stereocenters. The molecule has 118 valence electrons. The molecule has 3 aromatic rings. The highest BCUT2D eigenvalue weighted by Crippen LogP contribution is 2.23. The van der Waals surface area contributed by atoms with E-state index in [0.717, 1.165) is 28.2 Å². The molecule has 1 aromatic carbocycles. The topological polar surface area (TPSA) is 65.5 Å². The van der Waals surface area contributed by atoms with Gasteiger partial charge in [0.1, 0.15) is 11.6 Å². The van der Waals surface area contributed by atoms with Gasteiger partial charge in [-0.05, 0) is 36.4 Å². The van der Waals surface area contributed by atoms with E-state index in [-0.39, 0.29) is 6.79 Å². The van der Waals surface area contributed by atoms with Crippen molar-refractivity contribution in [3.63, 3.8) is 0 Å². The number of ether oxygens (including phenoxy) is 3. The third-order valence-corrected chi connectivity index (χ3v) is 3.22. The van der Waals surface area contributed by atoms with E-state index in [2.05, 4.69) is 15.3 Å². The lowest BCUT2D eigenvalue weighted by Gasteiger charge is -2.08. The Labute approximate surface area is 134 Å². The standard InChI is InChI=1S/C17H17N3O3/c1-21-11-23-14-5-6-15-12(9-14)3-7-16(20-15)19-13-4-8-17(22-2)18-10-13/h3-10H,11H2,1-2H3,(H,19,20). The first-order valence-electron chi connectivity index (χ1n) is 7.08. The maximum atomic E-state index is 5.43. The van der Waals surface area contributed by atoms with Crippen LogP contribution in [0.5, 0.6) is 11.6 Å². The maximum absolute atomic E-state index is 5.43. The molecule has 0 aliphatic rings. The Kier molecular flexibility index (Phi) is 4.54. The van der Waals surface area contributed by atoms with Crippen LogP contribution in [0.4, 0.5) is 11.5 Å². The Morgan fingerprint density at radius 1 is 1.04 bits per heavy atom. The number of rotatable bonds is 6. The molecule has 0 bridgehead atoms. The Balaban J connectivity index is 1.79.